The van der Waals surface area contributed by atoms with E-state index in [1.54, 1.807) is 4.90 Å². The summed E-state index contributed by atoms with van der Waals surface area (Å²) >= 11 is 6.00. The van der Waals surface area contributed by atoms with Crippen LogP contribution in [0.4, 0.5) is 5.69 Å². The van der Waals surface area contributed by atoms with Gasteiger partial charge in [0.15, 0.2) is 0 Å². The minimum absolute atomic E-state index is 0.0413. The fourth-order valence-electron chi connectivity index (χ4n) is 2.60. The Morgan fingerprint density at radius 1 is 1.18 bits per heavy atom. The van der Waals surface area contributed by atoms with E-state index in [4.69, 9.17) is 11.6 Å². The number of halogens is 1. The number of amides is 1. The molecular formula is C18H17ClN2O. The molecule has 0 unspecified atom stereocenters. The number of aromatic amines is 1. The van der Waals surface area contributed by atoms with Crippen LogP contribution in [0.3, 0.4) is 0 Å². The molecule has 3 aromatic rings. The van der Waals surface area contributed by atoms with E-state index in [9.17, 15) is 4.79 Å². The average molecular weight is 313 g/mol. The Hall–Kier alpha value is -2.26. The first-order chi connectivity index (χ1) is 10.6. The lowest BCUT2D eigenvalue weighted by Gasteiger charge is -2.20. The molecule has 0 spiro atoms. The Bertz CT molecular complexity index is 838. The number of aryl methyl sites for hydroxylation is 1. The van der Waals surface area contributed by atoms with Crippen LogP contribution in [0.15, 0.2) is 48.5 Å². The molecule has 3 rings (SSSR count). The maximum atomic E-state index is 12.8. The summed E-state index contributed by atoms with van der Waals surface area (Å²) in [6.45, 7) is 4.60. The zero-order chi connectivity index (χ0) is 15.7. The Balaban J connectivity index is 1.99. The molecule has 1 N–H and O–H groups in total. The lowest BCUT2D eigenvalue weighted by Crippen LogP contribution is -2.30. The van der Waals surface area contributed by atoms with Crippen molar-refractivity contribution in [3.8, 4) is 0 Å². The molecule has 0 saturated carbocycles. The van der Waals surface area contributed by atoms with E-state index >= 15 is 0 Å². The standard InChI is InChI=1S/C18H17ClN2O/c1-3-21(15-6-4-5-12(2)9-15)18(22)17-11-13-10-14(19)7-8-16(13)20-17/h4-11,20H,3H2,1-2H3. The fourth-order valence-corrected chi connectivity index (χ4v) is 2.78. The number of hydrogen-bond donors (Lipinski definition) is 1. The van der Waals surface area contributed by atoms with Crippen LogP contribution < -0.4 is 4.90 Å². The van der Waals surface area contributed by atoms with Crippen molar-refractivity contribution in [1.29, 1.82) is 0 Å². The third-order valence-electron chi connectivity index (χ3n) is 3.69. The van der Waals surface area contributed by atoms with Gasteiger partial charge in [-0.3, -0.25) is 4.79 Å². The topological polar surface area (TPSA) is 36.1 Å². The van der Waals surface area contributed by atoms with Crippen molar-refractivity contribution in [3.05, 3.63) is 64.8 Å². The van der Waals surface area contributed by atoms with Gasteiger partial charge in [-0.1, -0.05) is 23.7 Å². The van der Waals surface area contributed by atoms with Crippen LogP contribution in [-0.4, -0.2) is 17.4 Å². The number of fused-ring (bicyclic) bond motifs is 1. The molecule has 0 fully saturated rings. The van der Waals surface area contributed by atoms with Crippen molar-refractivity contribution in [2.24, 2.45) is 0 Å². The second kappa shape index (κ2) is 5.85. The van der Waals surface area contributed by atoms with E-state index in [1.165, 1.54) is 0 Å². The lowest BCUT2D eigenvalue weighted by molar-refractivity contribution is 0.0984. The summed E-state index contributed by atoms with van der Waals surface area (Å²) in [5.41, 5.74) is 3.52. The molecule has 0 aliphatic rings. The van der Waals surface area contributed by atoms with Crippen molar-refractivity contribution in [2.75, 3.05) is 11.4 Å². The van der Waals surface area contributed by atoms with Crippen LogP contribution in [0.5, 0.6) is 0 Å². The Kier molecular flexibility index (Phi) is 3.90. The summed E-state index contributed by atoms with van der Waals surface area (Å²) in [7, 11) is 0. The molecule has 0 atom stereocenters. The number of nitrogens with one attached hydrogen (secondary N) is 1. The monoisotopic (exact) mass is 312 g/mol. The van der Waals surface area contributed by atoms with Crippen LogP contribution in [0.25, 0.3) is 10.9 Å². The number of benzene rings is 2. The molecule has 0 saturated heterocycles. The van der Waals surface area contributed by atoms with Gasteiger partial charge in [-0.2, -0.15) is 0 Å². The zero-order valence-electron chi connectivity index (χ0n) is 12.6. The molecule has 3 nitrogen and oxygen atoms in total. The summed E-state index contributed by atoms with van der Waals surface area (Å²) in [5, 5.41) is 1.60. The average Bonchev–Trinajstić information content (AvgIpc) is 2.91. The lowest BCUT2D eigenvalue weighted by atomic mass is 10.2. The first-order valence-electron chi connectivity index (χ1n) is 7.25. The molecular weight excluding hydrogens is 296 g/mol. The number of carbonyl (C=O) groups excluding carboxylic acids is 1. The maximum Gasteiger partial charge on any atom is 0.274 e. The molecule has 1 aromatic heterocycles. The molecule has 112 valence electrons. The molecule has 4 heteroatoms. The van der Waals surface area contributed by atoms with Gasteiger partial charge in [-0.25, -0.2) is 0 Å². The number of H-pyrrole nitrogens is 1. The van der Waals surface area contributed by atoms with E-state index in [-0.39, 0.29) is 5.91 Å². The molecule has 0 radical (unpaired) electrons. The van der Waals surface area contributed by atoms with Gasteiger partial charge in [0, 0.05) is 28.2 Å². The van der Waals surface area contributed by atoms with Crippen LogP contribution in [0.1, 0.15) is 23.0 Å². The molecule has 0 aliphatic heterocycles. The summed E-state index contributed by atoms with van der Waals surface area (Å²) in [6, 6.07) is 15.4. The van der Waals surface area contributed by atoms with Crippen molar-refractivity contribution in [1.82, 2.24) is 4.98 Å². The Morgan fingerprint density at radius 2 is 2.00 bits per heavy atom. The summed E-state index contributed by atoms with van der Waals surface area (Å²) in [4.78, 5) is 17.7. The largest absolute Gasteiger partial charge is 0.351 e. The minimum Gasteiger partial charge on any atom is -0.351 e. The van der Waals surface area contributed by atoms with Gasteiger partial charge in [0.1, 0.15) is 5.69 Å². The number of hydrogen-bond acceptors (Lipinski definition) is 1. The van der Waals surface area contributed by atoms with Crippen LogP contribution in [0, 0.1) is 6.92 Å². The van der Waals surface area contributed by atoms with Gasteiger partial charge in [0.2, 0.25) is 0 Å². The second-order valence-electron chi connectivity index (χ2n) is 5.30. The minimum atomic E-state index is -0.0413. The van der Waals surface area contributed by atoms with E-state index in [0.29, 0.717) is 17.3 Å². The molecule has 0 aliphatic carbocycles. The summed E-state index contributed by atoms with van der Waals surface area (Å²) in [5.74, 6) is -0.0413. The number of aromatic nitrogens is 1. The van der Waals surface area contributed by atoms with Crippen molar-refractivity contribution < 1.29 is 4.79 Å². The quantitative estimate of drug-likeness (QED) is 0.741. The predicted molar refractivity (Wildman–Crippen MR) is 91.8 cm³/mol. The van der Waals surface area contributed by atoms with E-state index in [2.05, 4.69) is 4.98 Å². The zero-order valence-corrected chi connectivity index (χ0v) is 13.3. The van der Waals surface area contributed by atoms with E-state index < -0.39 is 0 Å². The normalized spacial score (nSPS) is 10.9. The van der Waals surface area contributed by atoms with Crippen LogP contribution in [-0.2, 0) is 0 Å². The SMILES string of the molecule is CCN(C(=O)c1cc2cc(Cl)ccc2[nH]1)c1cccc(C)c1. The molecule has 1 amide bonds. The van der Waals surface area contributed by atoms with Crippen molar-refractivity contribution in [2.45, 2.75) is 13.8 Å². The summed E-state index contributed by atoms with van der Waals surface area (Å²) < 4.78 is 0. The van der Waals surface area contributed by atoms with Crippen molar-refractivity contribution >= 4 is 34.1 Å². The molecule has 0 bridgehead atoms. The number of rotatable bonds is 3. The van der Waals surface area contributed by atoms with Gasteiger partial charge in [-0.05, 0) is 55.8 Å². The predicted octanol–water partition coefficient (Wildman–Crippen LogP) is 4.80. The van der Waals surface area contributed by atoms with Crippen LogP contribution in [0.2, 0.25) is 5.02 Å². The number of nitrogens with zero attached hydrogens (tertiary/aromatic N) is 1. The van der Waals surface area contributed by atoms with Gasteiger partial charge >= 0.3 is 0 Å². The first-order valence-corrected chi connectivity index (χ1v) is 7.63. The highest BCUT2D eigenvalue weighted by Gasteiger charge is 2.18. The maximum absolute atomic E-state index is 12.8. The van der Waals surface area contributed by atoms with E-state index in [1.807, 2.05) is 62.4 Å². The highest BCUT2D eigenvalue weighted by atomic mass is 35.5. The molecule has 1 heterocycles. The van der Waals surface area contributed by atoms with Gasteiger partial charge in [0.05, 0.1) is 0 Å². The smallest absolute Gasteiger partial charge is 0.274 e. The Morgan fingerprint density at radius 3 is 2.73 bits per heavy atom. The third kappa shape index (κ3) is 2.72. The van der Waals surface area contributed by atoms with Crippen molar-refractivity contribution in [3.63, 3.8) is 0 Å². The second-order valence-corrected chi connectivity index (χ2v) is 5.74. The first kappa shape index (κ1) is 14.7. The van der Waals surface area contributed by atoms with Gasteiger partial charge in [0.25, 0.3) is 5.91 Å². The number of carbonyl (C=O) groups is 1. The third-order valence-corrected chi connectivity index (χ3v) is 3.92. The van der Waals surface area contributed by atoms with Gasteiger partial charge < -0.3 is 9.88 Å². The Labute approximate surface area is 134 Å². The highest BCUT2D eigenvalue weighted by molar-refractivity contribution is 6.31. The highest BCUT2D eigenvalue weighted by Crippen LogP contribution is 2.23. The van der Waals surface area contributed by atoms with Crippen LogP contribution >= 0.6 is 11.6 Å². The molecule has 22 heavy (non-hydrogen) atoms. The summed E-state index contributed by atoms with van der Waals surface area (Å²) in [6.07, 6.45) is 0. The fraction of sp³-hybridized carbons (Fsp3) is 0.167. The van der Waals surface area contributed by atoms with Gasteiger partial charge in [-0.15, -0.1) is 0 Å². The molecule has 2 aromatic carbocycles. The number of anilines is 1. The van der Waals surface area contributed by atoms with E-state index in [0.717, 1.165) is 22.2 Å².